The number of hydrogen-bond donors (Lipinski definition) is 2. The first-order valence-electron chi connectivity index (χ1n) is 13.7. The van der Waals surface area contributed by atoms with E-state index in [0.717, 1.165) is 32.1 Å². The Morgan fingerprint density at radius 1 is 1.24 bits per heavy atom. The van der Waals surface area contributed by atoms with Gasteiger partial charge in [0.1, 0.15) is 11.7 Å². The zero-order valence-corrected chi connectivity index (χ0v) is 21.6. The number of aliphatic hydroxyl groups is 2. The summed E-state index contributed by atoms with van der Waals surface area (Å²) in [6.07, 6.45) is 6.15. The first-order valence-corrected chi connectivity index (χ1v) is 13.7. The highest BCUT2D eigenvalue weighted by atomic mass is 16.6. The van der Waals surface area contributed by atoms with Crippen LogP contribution in [-0.4, -0.2) is 58.4 Å². The van der Waals surface area contributed by atoms with Gasteiger partial charge in [0.05, 0.1) is 30.5 Å². The van der Waals surface area contributed by atoms with Crippen LogP contribution in [0.4, 0.5) is 0 Å². The van der Waals surface area contributed by atoms with E-state index in [-0.39, 0.29) is 36.4 Å². The minimum absolute atomic E-state index is 0.0586. The predicted molar refractivity (Wildman–Crippen MR) is 130 cm³/mol. The average Bonchev–Trinajstić information content (AvgIpc) is 3.13. The Kier molecular flexibility index (Phi) is 7.83. The Morgan fingerprint density at radius 3 is 2.71 bits per heavy atom. The maximum atomic E-state index is 12.9. The molecule has 0 aromatic rings. The summed E-state index contributed by atoms with van der Waals surface area (Å²) in [5, 5.41) is 22.5. The van der Waals surface area contributed by atoms with Gasteiger partial charge in [0.25, 0.3) is 0 Å². The summed E-state index contributed by atoms with van der Waals surface area (Å²) < 4.78 is 19.4. The van der Waals surface area contributed by atoms with Crippen LogP contribution in [0.25, 0.3) is 0 Å². The topological polar surface area (TPSA) is 85.2 Å². The molecule has 0 unspecified atom stereocenters. The molecule has 6 heteroatoms. The van der Waals surface area contributed by atoms with Crippen molar-refractivity contribution in [3.63, 3.8) is 0 Å². The van der Waals surface area contributed by atoms with Crippen LogP contribution in [0.3, 0.4) is 0 Å². The molecule has 3 heterocycles. The Bertz CT molecular complexity index is 749. The molecule has 2 bridgehead atoms. The van der Waals surface area contributed by atoms with Gasteiger partial charge in [-0.1, -0.05) is 46.1 Å². The lowest BCUT2D eigenvalue weighted by molar-refractivity contribution is -0.205. The normalized spacial score (nSPS) is 46.2. The van der Waals surface area contributed by atoms with Gasteiger partial charge in [-0.15, -0.1) is 0 Å². The lowest BCUT2D eigenvalue weighted by Crippen LogP contribution is -2.58. The first kappa shape index (κ1) is 26.1. The molecular weight excluding hydrogens is 432 g/mol. The highest BCUT2D eigenvalue weighted by molar-refractivity contribution is 5.69. The van der Waals surface area contributed by atoms with Gasteiger partial charge in [-0.05, 0) is 62.9 Å². The van der Waals surface area contributed by atoms with Crippen molar-refractivity contribution in [1.29, 1.82) is 0 Å². The molecule has 1 aliphatic carbocycles. The molecule has 3 saturated heterocycles. The van der Waals surface area contributed by atoms with Crippen LogP contribution >= 0.6 is 0 Å². The van der Waals surface area contributed by atoms with E-state index in [9.17, 15) is 15.0 Å². The second kappa shape index (κ2) is 10.2. The summed E-state index contributed by atoms with van der Waals surface area (Å²) in [6.45, 7) is 13.0. The lowest BCUT2D eigenvalue weighted by Gasteiger charge is -2.48. The zero-order chi connectivity index (χ0) is 24.7. The number of rotatable bonds is 7. The van der Waals surface area contributed by atoms with E-state index in [1.165, 1.54) is 12.8 Å². The molecule has 34 heavy (non-hydrogen) atoms. The first-order chi connectivity index (χ1) is 16.1. The van der Waals surface area contributed by atoms with Gasteiger partial charge < -0.3 is 24.4 Å². The van der Waals surface area contributed by atoms with Crippen LogP contribution in [0.5, 0.6) is 0 Å². The van der Waals surface area contributed by atoms with E-state index in [4.69, 9.17) is 14.2 Å². The van der Waals surface area contributed by atoms with E-state index >= 15 is 0 Å². The van der Waals surface area contributed by atoms with Crippen molar-refractivity contribution in [3.8, 4) is 0 Å². The number of aliphatic hydroxyl groups excluding tert-OH is 1. The molecule has 0 aromatic carbocycles. The molecule has 3 aliphatic heterocycles. The number of ether oxygens (including phenoxy) is 3. The summed E-state index contributed by atoms with van der Waals surface area (Å²) in [5.41, 5.74) is -1.06. The Balaban J connectivity index is 1.63. The van der Waals surface area contributed by atoms with Gasteiger partial charge >= 0.3 is 5.97 Å². The Labute approximate surface area is 205 Å². The van der Waals surface area contributed by atoms with Crippen LogP contribution in [0.15, 0.2) is 12.2 Å². The van der Waals surface area contributed by atoms with Crippen molar-refractivity contribution in [1.82, 2.24) is 0 Å². The van der Waals surface area contributed by atoms with E-state index in [1.807, 2.05) is 13.8 Å². The zero-order valence-electron chi connectivity index (χ0n) is 21.6. The second-order valence-corrected chi connectivity index (χ2v) is 12.0. The number of fused-ring (bicyclic) bond motifs is 2. The molecular formula is C28H46O6. The van der Waals surface area contributed by atoms with Crippen LogP contribution < -0.4 is 0 Å². The Hall–Kier alpha value is -0.950. The molecule has 0 amide bonds. The number of esters is 1. The van der Waals surface area contributed by atoms with Gasteiger partial charge in [0.2, 0.25) is 0 Å². The molecule has 2 N–H and O–H groups in total. The Morgan fingerprint density at radius 2 is 1.97 bits per heavy atom. The fourth-order valence-electron chi connectivity index (χ4n) is 7.33. The summed E-state index contributed by atoms with van der Waals surface area (Å²) in [7, 11) is 0. The molecule has 4 aliphatic rings. The average molecular weight is 479 g/mol. The molecule has 194 valence electrons. The molecule has 0 radical (unpaired) electrons. The van der Waals surface area contributed by atoms with E-state index in [1.54, 1.807) is 0 Å². The smallest absolute Gasteiger partial charge is 0.306 e. The van der Waals surface area contributed by atoms with Crippen molar-refractivity contribution in [3.05, 3.63) is 12.2 Å². The summed E-state index contributed by atoms with van der Waals surface area (Å²) >= 11 is 0. The van der Waals surface area contributed by atoms with Crippen molar-refractivity contribution < 1.29 is 29.2 Å². The fraction of sp³-hybridized carbons (Fsp3) is 0.893. The van der Waals surface area contributed by atoms with E-state index in [0.29, 0.717) is 36.9 Å². The van der Waals surface area contributed by atoms with Gasteiger partial charge in [-0.3, -0.25) is 4.79 Å². The maximum Gasteiger partial charge on any atom is 0.306 e. The molecule has 6 nitrogen and oxygen atoms in total. The number of carbonyl (C=O) groups excluding carboxylic acids is 1. The van der Waals surface area contributed by atoms with Gasteiger partial charge in [0, 0.05) is 18.8 Å². The highest BCUT2D eigenvalue weighted by Crippen LogP contribution is 2.58. The SMILES string of the molecule is C=C1C[C@@H]2O[C@H]3[C@H]4[C@@H](CC[C@](C)(O)[C@H]42)[C@@H](C)CO[C@@]3(C)[C@H](OC(=O)CCCCCCC)C[C@H]1O. The van der Waals surface area contributed by atoms with Gasteiger partial charge in [0.15, 0.2) is 0 Å². The molecule has 4 rings (SSSR count). The van der Waals surface area contributed by atoms with Crippen molar-refractivity contribution in [2.75, 3.05) is 6.61 Å². The third-order valence-electron chi connectivity index (χ3n) is 9.41. The third-order valence-corrected chi connectivity index (χ3v) is 9.41. The van der Waals surface area contributed by atoms with Crippen LogP contribution in [0.2, 0.25) is 0 Å². The van der Waals surface area contributed by atoms with Crippen LogP contribution in [0.1, 0.15) is 91.9 Å². The van der Waals surface area contributed by atoms with E-state index < -0.39 is 23.4 Å². The third kappa shape index (κ3) is 4.85. The highest BCUT2D eigenvalue weighted by Gasteiger charge is 2.66. The standard InChI is InChI=1S/C28H46O6/c1-6-7-8-9-10-11-23(30)34-22-15-20(29)17(2)14-21-25-24-19(12-13-27(25,4)31)18(3)16-32-28(22,5)26(24)33-21/h18-22,24-26,29,31H,2,6-16H2,1,3-5H3/t18-,19-,20+,21-,22+,24-,25-,26-,27-,28-/m0/s1. The molecule has 4 fully saturated rings. The maximum absolute atomic E-state index is 12.9. The fourth-order valence-corrected chi connectivity index (χ4v) is 7.33. The summed E-state index contributed by atoms with van der Waals surface area (Å²) in [5.74, 6) is 0.527. The van der Waals surface area contributed by atoms with Crippen LogP contribution in [-0.2, 0) is 19.0 Å². The van der Waals surface area contributed by atoms with Crippen molar-refractivity contribution in [2.24, 2.45) is 23.7 Å². The number of carbonyl (C=O) groups is 1. The van der Waals surface area contributed by atoms with Gasteiger partial charge in [-0.25, -0.2) is 0 Å². The van der Waals surface area contributed by atoms with Crippen molar-refractivity contribution in [2.45, 2.75) is 128 Å². The summed E-state index contributed by atoms with van der Waals surface area (Å²) in [6, 6.07) is 0. The minimum Gasteiger partial charge on any atom is -0.459 e. The quantitative estimate of drug-likeness (QED) is 0.317. The number of unbranched alkanes of at least 4 members (excludes halogenated alkanes) is 4. The van der Waals surface area contributed by atoms with E-state index in [2.05, 4.69) is 20.4 Å². The van der Waals surface area contributed by atoms with Gasteiger partial charge in [-0.2, -0.15) is 0 Å². The second-order valence-electron chi connectivity index (χ2n) is 12.0. The lowest BCUT2D eigenvalue weighted by atomic mass is 9.58. The minimum atomic E-state index is -0.891. The van der Waals surface area contributed by atoms with Crippen LogP contribution in [0, 0.1) is 23.7 Å². The summed E-state index contributed by atoms with van der Waals surface area (Å²) in [4.78, 5) is 12.9. The monoisotopic (exact) mass is 478 g/mol. The molecule has 1 saturated carbocycles. The largest absolute Gasteiger partial charge is 0.459 e. The predicted octanol–water partition coefficient (Wildman–Crippen LogP) is 4.56. The molecule has 0 aromatic heterocycles. The molecule has 10 atom stereocenters. The van der Waals surface area contributed by atoms with Crippen molar-refractivity contribution >= 4 is 5.97 Å². The number of hydrogen-bond acceptors (Lipinski definition) is 6. The molecule has 0 spiro atoms.